The van der Waals surface area contributed by atoms with Crippen LogP contribution in [0, 0.1) is 0 Å². The van der Waals surface area contributed by atoms with Crippen LogP contribution in [0.3, 0.4) is 0 Å². The molecule has 0 aliphatic heterocycles. The van der Waals surface area contributed by atoms with E-state index in [-0.39, 0.29) is 12.2 Å². The maximum absolute atomic E-state index is 12.5. The molecule has 0 amide bonds. The summed E-state index contributed by atoms with van der Waals surface area (Å²) in [6.45, 7) is 5.28. The van der Waals surface area contributed by atoms with Gasteiger partial charge in [0.2, 0.25) is 0 Å². The number of furan rings is 1. The zero-order valence-electron chi connectivity index (χ0n) is 14.5. The van der Waals surface area contributed by atoms with E-state index < -0.39 is 17.6 Å². The number of nitrogens with two attached hydrogens (primary N) is 1. The molecule has 2 N–H and O–H groups in total. The van der Waals surface area contributed by atoms with Gasteiger partial charge in [-0.3, -0.25) is 9.59 Å². The van der Waals surface area contributed by atoms with Crippen LogP contribution in [0.15, 0.2) is 46.9 Å². The molecule has 1 heterocycles. The number of carbonyl (C=O) groups excluding carboxylic acids is 2. The molecule has 0 fully saturated rings. The van der Waals surface area contributed by atoms with Gasteiger partial charge in [-0.15, -0.1) is 0 Å². The van der Waals surface area contributed by atoms with Crippen molar-refractivity contribution >= 4 is 33.7 Å². The van der Waals surface area contributed by atoms with Crippen molar-refractivity contribution in [2.75, 3.05) is 0 Å². The van der Waals surface area contributed by atoms with Gasteiger partial charge in [-0.05, 0) is 45.0 Å². The molecule has 5 heteroatoms. The van der Waals surface area contributed by atoms with Gasteiger partial charge in [0, 0.05) is 22.8 Å². The molecule has 25 heavy (non-hydrogen) atoms. The quantitative estimate of drug-likeness (QED) is 0.577. The first-order valence-electron chi connectivity index (χ1n) is 8.17. The van der Waals surface area contributed by atoms with Crippen molar-refractivity contribution in [1.29, 1.82) is 0 Å². The maximum atomic E-state index is 12.5. The van der Waals surface area contributed by atoms with Gasteiger partial charge in [0.25, 0.3) is 0 Å². The number of fused-ring (bicyclic) bond motifs is 3. The summed E-state index contributed by atoms with van der Waals surface area (Å²) in [6.07, 6.45) is -0.101. The number of hydrogen-bond acceptors (Lipinski definition) is 5. The molecule has 130 valence electrons. The molecule has 0 bridgehead atoms. The number of rotatable bonds is 4. The molecular formula is C20H21NO4. The van der Waals surface area contributed by atoms with E-state index in [4.69, 9.17) is 14.9 Å². The number of carbonyl (C=O) groups is 2. The highest BCUT2D eigenvalue weighted by atomic mass is 16.6. The Bertz CT molecular complexity index is 949. The van der Waals surface area contributed by atoms with Gasteiger partial charge in [0.1, 0.15) is 22.8 Å². The fourth-order valence-electron chi connectivity index (χ4n) is 2.68. The highest BCUT2D eigenvalue weighted by Crippen LogP contribution is 2.29. The monoisotopic (exact) mass is 339 g/mol. The summed E-state index contributed by atoms with van der Waals surface area (Å²) in [6, 6.07) is 11.9. The van der Waals surface area contributed by atoms with E-state index in [1.54, 1.807) is 39.0 Å². The first kappa shape index (κ1) is 17.2. The molecule has 0 saturated carbocycles. The summed E-state index contributed by atoms with van der Waals surface area (Å²) >= 11 is 0. The van der Waals surface area contributed by atoms with Crippen LogP contribution < -0.4 is 5.73 Å². The van der Waals surface area contributed by atoms with E-state index in [0.29, 0.717) is 11.1 Å². The van der Waals surface area contributed by atoms with E-state index in [1.165, 1.54) is 0 Å². The van der Waals surface area contributed by atoms with Gasteiger partial charge in [0.05, 0.1) is 0 Å². The Morgan fingerprint density at radius 3 is 2.48 bits per heavy atom. The lowest BCUT2D eigenvalue weighted by molar-refractivity contribution is -0.156. The molecular weight excluding hydrogens is 318 g/mol. The average molecular weight is 339 g/mol. The van der Waals surface area contributed by atoms with Crippen LogP contribution in [0.2, 0.25) is 0 Å². The molecule has 3 aromatic rings. The fraction of sp³-hybridized carbons (Fsp3) is 0.300. The van der Waals surface area contributed by atoms with Crippen LogP contribution >= 0.6 is 0 Å². The van der Waals surface area contributed by atoms with E-state index in [1.807, 2.05) is 24.3 Å². The number of para-hydroxylation sites is 1. The third-order valence-corrected chi connectivity index (χ3v) is 3.81. The van der Waals surface area contributed by atoms with Gasteiger partial charge >= 0.3 is 5.97 Å². The van der Waals surface area contributed by atoms with Gasteiger partial charge < -0.3 is 14.9 Å². The number of benzene rings is 2. The van der Waals surface area contributed by atoms with E-state index in [9.17, 15) is 9.59 Å². The Balaban J connectivity index is 1.82. The van der Waals surface area contributed by atoms with Crippen LogP contribution in [0.4, 0.5) is 0 Å². The number of ether oxygens (including phenoxy) is 1. The predicted octanol–water partition coefficient (Wildman–Crippen LogP) is 3.83. The van der Waals surface area contributed by atoms with Crippen LogP contribution in [0.1, 0.15) is 37.6 Å². The largest absolute Gasteiger partial charge is 0.459 e. The molecule has 1 aromatic heterocycles. The zero-order chi connectivity index (χ0) is 18.2. The zero-order valence-corrected chi connectivity index (χ0v) is 14.5. The third-order valence-electron chi connectivity index (χ3n) is 3.81. The van der Waals surface area contributed by atoms with E-state index in [0.717, 1.165) is 16.4 Å². The number of Topliss-reactive ketones (excluding diaryl/α,β-unsaturated/α-hetero) is 1. The van der Waals surface area contributed by atoms with Crippen molar-refractivity contribution < 1.29 is 18.7 Å². The molecule has 0 radical (unpaired) electrons. The van der Waals surface area contributed by atoms with Crippen LogP contribution in [-0.4, -0.2) is 23.4 Å². The average Bonchev–Trinajstić information content (AvgIpc) is 2.90. The van der Waals surface area contributed by atoms with Crippen LogP contribution in [-0.2, 0) is 9.53 Å². The number of esters is 1. The fourth-order valence-corrected chi connectivity index (χ4v) is 2.68. The second-order valence-corrected chi connectivity index (χ2v) is 7.08. The Morgan fingerprint density at radius 1 is 1.08 bits per heavy atom. The lowest BCUT2D eigenvalue weighted by atomic mass is 10.0. The Kier molecular flexibility index (Phi) is 4.35. The molecule has 3 rings (SSSR count). The first-order valence-corrected chi connectivity index (χ1v) is 8.17. The molecule has 0 saturated heterocycles. The van der Waals surface area contributed by atoms with Gasteiger partial charge in [-0.25, -0.2) is 0 Å². The van der Waals surface area contributed by atoms with Crippen LogP contribution in [0.5, 0.6) is 0 Å². The molecule has 2 aromatic carbocycles. The highest BCUT2D eigenvalue weighted by Gasteiger charge is 2.25. The van der Waals surface area contributed by atoms with Crippen molar-refractivity contribution in [2.24, 2.45) is 5.73 Å². The van der Waals surface area contributed by atoms with Gasteiger partial charge in [-0.2, -0.15) is 0 Å². The topological polar surface area (TPSA) is 82.5 Å². The lowest BCUT2D eigenvalue weighted by Crippen LogP contribution is -2.38. The lowest BCUT2D eigenvalue weighted by Gasteiger charge is -2.21. The first-order chi connectivity index (χ1) is 11.7. The Morgan fingerprint density at radius 2 is 1.76 bits per heavy atom. The minimum atomic E-state index is -0.983. The molecule has 0 spiro atoms. The summed E-state index contributed by atoms with van der Waals surface area (Å²) in [4.78, 5) is 24.5. The third kappa shape index (κ3) is 3.72. The standard InChI is InChI=1S/C20H21NO4/c1-20(2,3)25-19(23)15(21)11-16(22)12-8-9-18-14(10-12)13-6-4-5-7-17(13)24-18/h4-10,15H,11,21H2,1-3H3/t15-/m0/s1. The molecule has 0 aliphatic carbocycles. The molecule has 1 atom stereocenters. The van der Waals surface area contributed by atoms with Crippen molar-refractivity contribution in [1.82, 2.24) is 0 Å². The minimum Gasteiger partial charge on any atom is -0.459 e. The minimum absolute atomic E-state index is 0.101. The summed E-state index contributed by atoms with van der Waals surface area (Å²) in [5.41, 5.74) is 7.19. The highest BCUT2D eigenvalue weighted by molar-refractivity contribution is 6.09. The summed E-state index contributed by atoms with van der Waals surface area (Å²) in [7, 11) is 0. The Labute approximate surface area is 145 Å². The molecule has 5 nitrogen and oxygen atoms in total. The van der Waals surface area contributed by atoms with Crippen molar-refractivity contribution in [3.05, 3.63) is 48.0 Å². The van der Waals surface area contributed by atoms with Crippen LogP contribution in [0.25, 0.3) is 21.9 Å². The molecule has 0 aliphatic rings. The molecule has 0 unspecified atom stereocenters. The summed E-state index contributed by atoms with van der Waals surface area (Å²) in [5, 5.41) is 1.82. The van der Waals surface area contributed by atoms with Crippen molar-refractivity contribution in [3.63, 3.8) is 0 Å². The van der Waals surface area contributed by atoms with E-state index in [2.05, 4.69) is 0 Å². The maximum Gasteiger partial charge on any atom is 0.323 e. The SMILES string of the molecule is CC(C)(C)OC(=O)[C@@H](N)CC(=O)c1ccc2oc3ccccc3c2c1. The van der Waals surface area contributed by atoms with Gasteiger partial charge in [-0.1, -0.05) is 18.2 Å². The van der Waals surface area contributed by atoms with E-state index >= 15 is 0 Å². The number of hydrogen-bond donors (Lipinski definition) is 1. The van der Waals surface area contributed by atoms with Crippen molar-refractivity contribution in [2.45, 2.75) is 38.8 Å². The van der Waals surface area contributed by atoms with Crippen molar-refractivity contribution in [3.8, 4) is 0 Å². The normalized spacial score (nSPS) is 13.1. The number of ketones is 1. The second kappa shape index (κ2) is 6.33. The summed E-state index contributed by atoms with van der Waals surface area (Å²) in [5.74, 6) is -0.777. The Hall–Kier alpha value is -2.66. The predicted molar refractivity (Wildman–Crippen MR) is 96.5 cm³/mol. The van der Waals surface area contributed by atoms with Gasteiger partial charge in [0.15, 0.2) is 5.78 Å². The smallest absolute Gasteiger partial charge is 0.323 e. The second-order valence-electron chi connectivity index (χ2n) is 7.08. The summed E-state index contributed by atoms with van der Waals surface area (Å²) < 4.78 is 11.0.